The highest BCUT2D eigenvalue weighted by Gasteiger charge is 2.45. The van der Waals surface area contributed by atoms with Gasteiger partial charge in [0.1, 0.15) is 25.0 Å². The van der Waals surface area contributed by atoms with E-state index in [0.717, 1.165) is 57.4 Å². The number of carbonyl (C=O) groups is 1. The summed E-state index contributed by atoms with van der Waals surface area (Å²) < 4.78 is 8.95. The minimum Gasteiger partial charge on any atom is -0.489 e. The molecular formula is C25H36NO3+. The highest BCUT2D eigenvalue weighted by atomic mass is 16.5. The number of carboxylic acids is 1. The van der Waals surface area contributed by atoms with Crippen LogP contribution in [0.1, 0.15) is 65.7 Å². The molecule has 1 heterocycles. The van der Waals surface area contributed by atoms with Crippen LogP contribution in [0.25, 0.3) is 0 Å². The normalized spacial score (nSPS) is 34.1. The van der Waals surface area contributed by atoms with Crippen LogP contribution in [0.3, 0.4) is 0 Å². The molecule has 0 radical (unpaired) electrons. The van der Waals surface area contributed by atoms with Gasteiger partial charge >= 0.3 is 5.97 Å². The molecule has 2 saturated carbocycles. The number of rotatable bonds is 4. The number of hydrogen-bond donors (Lipinski definition) is 1. The minimum absolute atomic E-state index is 0.157. The van der Waals surface area contributed by atoms with Gasteiger partial charge in [-0.15, -0.1) is 0 Å². The van der Waals surface area contributed by atoms with E-state index in [1.807, 2.05) is 0 Å². The molecule has 2 fully saturated rings. The van der Waals surface area contributed by atoms with Gasteiger partial charge < -0.3 is 9.84 Å². The van der Waals surface area contributed by atoms with E-state index in [1.165, 1.54) is 23.3 Å². The number of allylic oxidation sites excluding steroid dienone is 3. The lowest BCUT2D eigenvalue weighted by Crippen LogP contribution is -2.41. The Morgan fingerprint density at radius 2 is 1.86 bits per heavy atom. The largest absolute Gasteiger partial charge is 0.489 e. The molecule has 4 rings (SSSR count). The summed E-state index contributed by atoms with van der Waals surface area (Å²) in [6, 6.07) is 0. The molecule has 29 heavy (non-hydrogen) atoms. The molecular weight excluding hydrogens is 362 g/mol. The molecule has 4 nitrogen and oxygen atoms in total. The Morgan fingerprint density at radius 3 is 2.59 bits per heavy atom. The van der Waals surface area contributed by atoms with E-state index in [-0.39, 0.29) is 17.9 Å². The average molecular weight is 399 g/mol. The van der Waals surface area contributed by atoms with Crippen molar-refractivity contribution in [1.82, 2.24) is 0 Å². The Hall–Kier alpha value is -1.84. The predicted octanol–water partition coefficient (Wildman–Crippen LogP) is 4.96. The van der Waals surface area contributed by atoms with Crippen LogP contribution in [-0.2, 0) is 9.53 Å². The highest BCUT2D eigenvalue weighted by Crippen LogP contribution is 2.50. The van der Waals surface area contributed by atoms with E-state index >= 15 is 0 Å². The zero-order valence-corrected chi connectivity index (χ0v) is 18.2. The van der Waals surface area contributed by atoms with Crippen molar-refractivity contribution in [3.63, 3.8) is 0 Å². The topological polar surface area (TPSA) is 49.5 Å². The average Bonchev–Trinajstić information content (AvgIpc) is 2.72. The smallest absolute Gasteiger partial charge is 0.307 e. The van der Waals surface area contributed by atoms with Crippen LogP contribution in [0, 0.1) is 23.7 Å². The van der Waals surface area contributed by atoms with Crippen LogP contribution in [0.4, 0.5) is 0 Å². The van der Waals surface area contributed by atoms with E-state index in [2.05, 4.69) is 43.6 Å². The fraction of sp³-hybridized carbons (Fsp3) is 0.680. The van der Waals surface area contributed by atoms with Crippen LogP contribution >= 0.6 is 0 Å². The van der Waals surface area contributed by atoms with Gasteiger partial charge in [0.15, 0.2) is 0 Å². The van der Waals surface area contributed by atoms with Crippen LogP contribution in [-0.4, -0.2) is 40.6 Å². The van der Waals surface area contributed by atoms with Crippen molar-refractivity contribution >= 4 is 11.7 Å². The molecule has 5 unspecified atom stereocenters. The van der Waals surface area contributed by atoms with Gasteiger partial charge in [0.2, 0.25) is 5.71 Å². The van der Waals surface area contributed by atoms with Crippen molar-refractivity contribution in [1.29, 1.82) is 0 Å². The van der Waals surface area contributed by atoms with Crippen LogP contribution in [0.5, 0.6) is 0 Å². The maximum absolute atomic E-state index is 12.1. The zero-order chi connectivity index (χ0) is 20.5. The summed E-state index contributed by atoms with van der Waals surface area (Å²) in [7, 11) is 0. The summed E-state index contributed by atoms with van der Waals surface area (Å²) in [5, 5.41) is 9.95. The minimum atomic E-state index is -0.615. The van der Waals surface area contributed by atoms with Gasteiger partial charge in [0.05, 0.1) is 12.0 Å². The molecule has 1 aliphatic heterocycles. The fourth-order valence-electron chi connectivity index (χ4n) is 6.08. The molecule has 1 N–H and O–H groups in total. The third-order valence-electron chi connectivity index (χ3n) is 7.62. The molecule has 0 spiro atoms. The summed E-state index contributed by atoms with van der Waals surface area (Å²) in [5.41, 5.74) is 3.80. The Labute approximate surface area is 175 Å². The molecule has 0 amide bonds. The SMILES string of the molecule is CC[N+](CC)=C1C=CC2=C(C3CCCCC3C(=O)O)C3CCC(C)CC3OC2=C1. The molecule has 0 aromatic rings. The monoisotopic (exact) mass is 398 g/mol. The standard InChI is InChI=1S/C25H35NO3/c1-4-26(5-2)17-11-13-21-23(15-17)29-22-14-16(3)10-12-20(22)24(21)18-8-6-7-9-19(18)25(27)28/h11,13,15-16,18-20,22H,4-10,12,14H2,1-3H3/p+1. The van der Waals surface area contributed by atoms with Gasteiger partial charge in [-0.1, -0.05) is 19.8 Å². The first-order valence-electron chi connectivity index (χ1n) is 11.7. The van der Waals surface area contributed by atoms with Crippen LogP contribution < -0.4 is 0 Å². The molecule has 4 aliphatic rings. The van der Waals surface area contributed by atoms with Crippen molar-refractivity contribution < 1.29 is 19.2 Å². The summed E-state index contributed by atoms with van der Waals surface area (Å²) in [6.07, 6.45) is 14.2. The molecule has 0 saturated heterocycles. The third-order valence-corrected chi connectivity index (χ3v) is 7.62. The van der Waals surface area contributed by atoms with Gasteiger partial charge in [-0.3, -0.25) is 4.79 Å². The van der Waals surface area contributed by atoms with Gasteiger partial charge in [-0.25, -0.2) is 4.58 Å². The Balaban J connectivity index is 1.81. The molecule has 0 bridgehead atoms. The molecule has 4 heteroatoms. The van der Waals surface area contributed by atoms with Gasteiger partial charge in [0.25, 0.3) is 0 Å². The summed E-state index contributed by atoms with van der Waals surface area (Å²) >= 11 is 0. The van der Waals surface area contributed by atoms with Gasteiger partial charge in [0, 0.05) is 17.6 Å². The number of fused-ring (bicyclic) bond motifs is 2. The Kier molecular flexibility index (Phi) is 5.98. The first-order chi connectivity index (χ1) is 14.0. The van der Waals surface area contributed by atoms with Gasteiger partial charge in [-0.2, -0.15) is 0 Å². The van der Waals surface area contributed by atoms with Crippen molar-refractivity contribution in [2.24, 2.45) is 23.7 Å². The number of carboxylic acid groups (broad SMARTS) is 1. The van der Waals surface area contributed by atoms with Crippen LogP contribution in [0.15, 0.2) is 35.1 Å². The van der Waals surface area contributed by atoms with E-state index in [4.69, 9.17) is 4.74 Å². The molecule has 5 atom stereocenters. The number of hydrogen-bond acceptors (Lipinski definition) is 2. The quantitative estimate of drug-likeness (QED) is 0.681. The maximum atomic E-state index is 12.1. The van der Waals surface area contributed by atoms with E-state index in [9.17, 15) is 9.90 Å². The van der Waals surface area contributed by atoms with Gasteiger partial charge in [-0.05, 0) is 69.4 Å². The Bertz CT molecular complexity index is 782. The maximum Gasteiger partial charge on any atom is 0.307 e. The summed E-state index contributed by atoms with van der Waals surface area (Å²) in [6.45, 7) is 8.62. The molecule has 0 aromatic carbocycles. The van der Waals surface area contributed by atoms with Crippen molar-refractivity contribution in [2.45, 2.75) is 71.8 Å². The molecule has 0 aromatic heterocycles. The van der Waals surface area contributed by atoms with Crippen molar-refractivity contribution in [3.8, 4) is 0 Å². The summed E-state index contributed by atoms with van der Waals surface area (Å²) in [4.78, 5) is 12.1. The molecule has 3 aliphatic carbocycles. The summed E-state index contributed by atoms with van der Waals surface area (Å²) in [5.74, 6) is 1.33. The highest BCUT2D eigenvalue weighted by molar-refractivity contribution is 6.03. The van der Waals surface area contributed by atoms with Crippen molar-refractivity contribution in [3.05, 3.63) is 35.1 Å². The number of nitrogens with zero attached hydrogens (tertiary/aromatic N) is 1. The lowest BCUT2D eigenvalue weighted by atomic mass is 9.64. The first kappa shape index (κ1) is 20.4. The lowest BCUT2D eigenvalue weighted by molar-refractivity contribution is -0.519. The predicted molar refractivity (Wildman–Crippen MR) is 115 cm³/mol. The zero-order valence-electron chi connectivity index (χ0n) is 18.2. The fourth-order valence-corrected chi connectivity index (χ4v) is 6.08. The second-order valence-electron chi connectivity index (χ2n) is 9.32. The van der Waals surface area contributed by atoms with Crippen LogP contribution in [0.2, 0.25) is 0 Å². The molecule has 158 valence electrons. The second-order valence-corrected chi connectivity index (χ2v) is 9.32. The first-order valence-corrected chi connectivity index (χ1v) is 11.7. The number of ether oxygens (including phenoxy) is 1. The number of aliphatic carboxylic acids is 1. The second kappa shape index (κ2) is 8.49. The van der Waals surface area contributed by atoms with E-state index < -0.39 is 5.97 Å². The van der Waals surface area contributed by atoms with Crippen molar-refractivity contribution in [2.75, 3.05) is 13.1 Å². The lowest BCUT2D eigenvalue weighted by Gasteiger charge is -2.46. The Morgan fingerprint density at radius 1 is 1.10 bits per heavy atom. The van der Waals surface area contributed by atoms with E-state index in [0.29, 0.717) is 11.8 Å². The third kappa shape index (κ3) is 3.83. The van der Waals surface area contributed by atoms with E-state index in [1.54, 1.807) is 0 Å².